The van der Waals surface area contributed by atoms with E-state index in [2.05, 4.69) is 38.5 Å². The molecular weight excluding hydrogens is 460 g/mol. The summed E-state index contributed by atoms with van der Waals surface area (Å²) in [6.45, 7) is 0. The SMILES string of the molecule is OC(Cc1cccc(C(F)(F)F)c1)c1cc(I)ccc1Br. The fourth-order valence-corrected chi connectivity index (χ4v) is 3.00. The standard InChI is InChI=1S/C15H11BrF3IO/c16-13-5-4-11(20)8-12(13)14(21)7-9-2-1-3-10(6-9)15(17,18)19/h1-6,8,14,21H,7H2. The average molecular weight is 471 g/mol. The third kappa shape index (κ3) is 4.43. The van der Waals surface area contributed by atoms with Crippen molar-refractivity contribution in [2.24, 2.45) is 0 Å². The highest BCUT2D eigenvalue weighted by atomic mass is 127. The number of hydrogen-bond donors (Lipinski definition) is 1. The molecule has 0 aliphatic carbocycles. The Hall–Kier alpha value is -0.600. The van der Waals surface area contributed by atoms with Crippen LogP contribution in [-0.2, 0) is 12.6 Å². The molecule has 0 fully saturated rings. The second-order valence-corrected chi connectivity index (χ2v) is 6.68. The molecule has 2 rings (SSSR count). The van der Waals surface area contributed by atoms with Crippen LogP contribution in [0.25, 0.3) is 0 Å². The normalized spacial score (nSPS) is 13.2. The van der Waals surface area contributed by atoms with Crippen LogP contribution in [0.3, 0.4) is 0 Å². The van der Waals surface area contributed by atoms with E-state index < -0.39 is 17.8 Å². The Bertz CT molecular complexity index is 643. The van der Waals surface area contributed by atoms with E-state index in [1.54, 1.807) is 6.07 Å². The third-order valence-corrected chi connectivity index (χ3v) is 4.39. The zero-order valence-corrected chi connectivity index (χ0v) is 14.4. The van der Waals surface area contributed by atoms with Crippen LogP contribution in [0.2, 0.25) is 0 Å². The zero-order chi connectivity index (χ0) is 15.6. The smallest absolute Gasteiger partial charge is 0.388 e. The number of hydrogen-bond acceptors (Lipinski definition) is 1. The van der Waals surface area contributed by atoms with Crippen molar-refractivity contribution < 1.29 is 18.3 Å². The van der Waals surface area contributed by atoms with Crippen LogP contribution in [0.1, 0.15) is 22.8 Å². The molecule has 0 amide bonds. The molecular formula is C15H11BrF3IO. The van der Waals surface area contributed by atoms with Crippen LogP contribution in [0.15, 0.2) is 46.9 Å². The Balaban J connectivity index is 2.23. The summed E-state index contributed by atoms with van der Waals surface area (Å²) in [5, 5.41) is 10.3. The van der Waals surface area contributed by atoms with Gasteiger partial charge in [0.25, 0.3) is 0 Å². The second kappa shape index (κ2) is 6.66. The fraction of sp³-hybridized carbons (Fsp3) is 0.200. The highest BCUT2D eigenvalue weighted by molar-refractivity contribution is 14.1. The van der Waals surface area contributed by atoms with Gasteiger partial charge in [0, 0.05) is 14.5 Å². The van der Waals surface area contributed by atoms with Gasteiger partial charge in [0.15, 0.2) is 0 Å². The van der Waals surface area contributed by atoms with Gasteiger partial charge < -0.3 is 5.11 Å². The van der Waals surface area contributed by atoms with Gasteiger partial charge in [-0.05, 0) is 58.0 Å². The van der Waals surface area contributed by atoms with Crippen LogP contribution >= 0.6 is 38.5 Å². The predicted molar refractivity (Wildman–Crippen MR) is 87.0 cm³/mol. The van der Waals surface area contributed by atoms with E-state index in [0.29, 0.717) is 11.1 Å². The molecule has 0 spiro atoms. The number of aliphatic hydroxyl groups excluding tert-OH is 1. The first kappa shape index (κ1) is 16.8. The molecule has 1 atom stereocenters. The third-order valence-electron chi connectivity index (χ3n) is 3.00. The van der Waals surface area contributed by atoms with Crippen LogP contribution < -0.4 is 0 Å². The average Bonchev–Trinajstić information content (AvgIpc) is 2.41. The maximum atomic E-state index is 12.7. The van der Waals surface area contributed by atoms with Crippen molar-refractivity contribution in [2.75, 3.05) is 0 Å². The lowest BCUT2D eigenvalue weighted by Crippen LogP contribution is -2.07. The zero-order valence-electron chi connectivity index (χ0n) is 10.7. The number of alkyl halides is 3. The van der Waals surface area contributed by atoms with Gasteiger partial charge in [-0.25, -0.2) is 0 Å². The molecule has 0 saturated heterocycles. The van der Waals surface area contributed by atoms with Crippen molar-refractivity contribution in [1.29, 1.82) is 0 Å². The van der Waals surface area contributed by atoms with E-state index in [1.807, 2.05) is 18.2 Å². The maximum absolute atomic E-state index is 12.7. The van der Waals surface area contributed by atoms with Crippen LogP contribution in [0, 0.1) is 3.57 Å². The van der Waals surface area contributed by atoms with Crippen LogP contribution in [0.5, 0.6) is 0 Å². The van der Waals surface area contributed by atoms with Gasteiger partial charge in [-0.15, -0.1) is 0 Å². The largest absolute Gasteiger partial charge is 0.416 e. The number of rotatable bonds is 3. The Labute approximate surface area is 142 Å². The molecule has 0 bridgehead atoms. The van der Waals surface area contributed by atoms with E-state index >= 15 is 0 Å². The van der Waals surface area contributed by atoms with Crippen molar-refractivity contribution in [3.8, 4) is 0 Å². The monoisotopic (exact) mass is 470 g/mol. The van der Waals surface area contributed by atoms with E-state index in [1.165, 1.54) is 6.07 Å². The van der Waals surface area contributed by atoms with Crippen molar-refractivity contribution in [2.45, 2.75) is 18.7 Å². The quantitative estimate of drug-likeness (QED) is 0.599. The van der Waals surface area contributed by atoms with Crippen molar-refractivity contribution in [1.82, 2.24) is 0 Å². The van der Waals surface area contributed by atoms with Crippen molar-refractivity contribution in [3.63, 3.8) is 0 Å². The summed E-state index contributed by atoms with van der Waals surface area (Å²) in [7, 11) is 0. The van der Waals surface area contributed by atoms with Gasteiger partial charge in [-0.2, -0.15) is 13.2 Å². The molecule has 2 aromatic carbocycles. The summed E-state index contributed by atoms with van der Waals surface area (Å²) in [5.74, 6) is 0. The highest BCUT2D eigenvalue weighted by Gasteiger charge is 2.30. The molecule has 0 heterocycles. The number of benzene rings is 2. The molecule has 1 nitrogen and oxygen atoms in total. The minimum atomic E-state index is -4.37. The van der Waals surface area contributed by atoms with Gasteiger partial charge in [0.1, 0.15) is 0 Å². The Kier molecular flexibility index (Phi) is 5.32. The number of aliphatic hydroxyl groups is 1. The Morgan fingerprint density at radius 1 is 1.14 bits per heavy atom. The van der Waals surface area contributed by atoms with Crippen LogP contribution in [-0.4, -0.2) is 5.11 Å². The maximum Gasteiger partial charge on any atom is 0.416 e. The van der Waals surface area contributed by atoms with Crippen molar-refractivity contribution in [3.05, 3.63) is 67.2 Å². The minimum absolute atomic E-state index is 0.128. The first-order valence-corrected chi connectivity index (χ1v) is 7.93. The van der Waals surface area contributed by atoms with Gasteiger partial charge in [-0.3, -0.25) is 0 Å². The molecule has 0 aromatic heterocycles. The van der Waals surface area contributed by atoms with Gasteiger partial charge in [-0.1, -0.05) is 34.1 Å². The number of halogens is 5. The van der Waals surface area contributed by atoms with Crippen molar-refractivity contribution >= 4 is 38.5 Å². The van der Waals surface area contributed by atoms with Crippen LogP contribution in [0.4, 0.5) is 13.2 Å². The topological polar surface area (TPSA) is 20.2 Å². The molecule has 0 aliphatic rings. The molecule has 1 unspecified atom stereocenters. The lowest BCUT2D eigenvalue weighted by atomic mass is 10.00. The molecule has 1 N–H and O–H groups in total. The molecule has 0 saturated carbocycles. The Morgan fingerprint density at radius 3 is 2.52 bits per heavy atom. The molecule has 0 aliphatic heterocycles. The summed E-state index contributed by atoms with van der Waals surface area (Å²) < 4.78 is 39.7. The second-order valence-electron chi connectivity index (χ2n) is 4.58. The predicted octanol–water partition coefficient (Wildman–Crippen LogP) is 5.35. The Morgan fingerprint density at radius 2 is 1.86 bits per heavy atom. The van der Waals surface area contributed by atoms with Gasteiger partial charge in [0.2, 0.25) is 0 Å². The van der Waals surface area contributed by atoms with E-state index in [4.69, 9.17) is 0 Å². The lowest BCUT2D eigenvalue weighted by Gasteiger charge is -2.15. The van der Waals surface area contributed by atoms with Gasteiger partial charge >= 0.3 is 6.18 Å². The van der Waals surface area contributed by atoms with E-state index in [-0.39, 0.29) is 6.42 Å². The summed E-state index contributed by atoms with van der Waals surface area (Å²) in [6.07, 6.45) is -5.11. The lowest BCUT2D eigenvalue weighted by molar-refractivity contribution is -0.137. The molecule has 2 aromatic rings. The van der Waals surface area contributed by atoms with E-state index in [9.17, 15) is 18.3 Å². The summed E-state index contributed by atoms with van der Waals surface area (Å²) in [5.41, 5.74) is 0.413. The fourth-order valence-electron chi connectivity index (χ4n) is 1.98. The molecule has 21 heavy (non-hydrogen) atoms. The summed E-state index contributed by atoms with van der Waals surface area (Å²) in [6, 6.07) is 10.5. The first-order valence-electron chi connectivity index (χ1n) is 6.06. The highest BCUT2D eigenvalue weighted by Crippen LogP contribution is 2.32. The first-order chi connectivity index (χ1) is 9.77. The summed E-state index contributed by atoms with van der Waals surface area (Å²) in [4.78, 5) is 0. The molecule has 112 valence electrons. The van der Waals surface area contributed by atoms with E-state index in [0.717, 1.165) is 20.2 Å². The van der Waals surface area contributed by atoms with Gasteiger partial charge in [0.05, 0.1) is 11.7 Å². The minimum Gasteiger partial charge on any atom is -0.388 e. The molecule has 0 radical (unpaired) electrons. The molecule has 6 heteroatoms. The summed E-state index contributed by atoms with van der Waals surface area (Å²) >= 11 is 5.47.